The molecule has 0 radical (unpaired) electrons. The SMILES string of the molecule is NC(=O)c1ccc(-n2cnc3cnc(Nc4cnn(C5CCOCC5)c4)nc32)cc1.NC(=O)c1ccc(Nc2nc(Cc3cnn(C4CCOCC4)c3)ncc2N)cc1. The van der Waals surface area contributed by atoms with Gasteiger partial charge in [-0.15, -0.1) is 0 Å². The molecule has 0 saturated carbocycles. The highest BCUT2D eigenvalue weighted by molar-refractivity contribution is 5.93. The van der Waals surface area contributed by atoms with Gasteiger partial charge >= 0.3 is 0 Å². The Balaban J connectivity index is 0.000000164. The summed E-state index contributed by atoms with van der Waals surface area (Å²) in [6, 6.07) is 14.5. The van der Waals surface area contributed by atoms with Crippen LogP contribution in [0, 0.1) is 0 Å². The normalized spacial score (nSPS) is 14.7. The molecule has 0 unspecified atom stereocenters. The van der Waals surface area contributed by atoms with Crippen LogP contribution in [-0.4, -0.2) is 87.3 Å². The van der Waals surface area contributed by atoms with Crippen molar-refractivity contribution in [3.8, 4) is 5.69 Å². The maximum absolute atomic E-state index is 11.3. The Bertz CT molecular complexity index is 2540. The number of ether oxygens (including phenoxy) is 2. The number of amides is 2. The Morgan fingerprint density at radius 1 is 0.695 bits per heavy atom. The van der Waals surface area contributed by atoms with Crippen molar-refractivity contribution < 1.29 is 19.1 Å². The molecule has 59 heavy (non-hydrogen) atoms. The second-order valence-electron chi connectivity index (χ2n) is 14.1. The number of nitrogens with one attached hydrogen (secondary N) is 2. The third kappa shape index (κ3) is 9.32. The third-order valence-corrected chi connectivity index (χ3v) is 10.0. The van der Waals surface area contributed by atoms with Crippen molar-refractivity contribution in [2.24, 2.45) is 11.5 Å². The summed E-state index contributed by atoms with van der Waals surface area (Å²) in [5, 5.41) is 15.3. The van der Waals surface area contributed by atoms with Gasteiger partial charge in [-0.2, -0.15) is 15.2 Å². The molecule has 0 spiro atoms. The highest BCUT2D eigenvalue weighted by Gasteiger charge is 2.19. The van der Waals surface area contributed by atoms with Crippen molar-refractivity contribution >= 4 is 51.8 Å². The summed E-state index contributed by atoms with van der Waals surface area (Å²) in [7, 11) is 0. The minimum Gasteiger partial charge on any atom is -0.394 e. The summed E-state index contributed by atoms with van der Waals surface area (Å²) in [4.78, 5) is 44.7. The monoisotopic (exact) mass is 797 g/mol. The Morgan fingerprint density at radius 2 is 1.32 bits per heavy atom. The molecule has 8 N–H and O–H groups in total. The van der Waals surface area contributed by atoms with E-state index in [0.717, 1.165) is 74.7 Å². The number of hydrogen-bond donors (Lipinski definition) is 5. The maximum Gasteiger partial charge on any atom is 0.248 e. The lowest BCUT2D eigenvalue weighted by molar-refractivity contribution is 0.0661. The molecule has 19 nitrogen and oxygen atoms in total. The number of primary amides is 2. The zero-order chi connectivity index (χ0) is 40.7. The van der Waals surface area contributed by atoms with E-state index in [1.807, 2.05) is 32.5 Å². The first kappa shape index (κ1) is 38.6. The fourth-order valence-corrected chi connectivity index (χ4v) is 6.79. The van der Waals surface area contributed by atoms with Gasteiger partial charge in [0.15, 0.2) is 11.5 Å². The quantitative estimate of drug-likeness (QED) is 0.123. The minimum absolute atomic E-state index is 0.350. The molecule has 2 aliphatic heterocycles. The van der Waals surface area contributed by atoms with Crippen LogP contribution in [0.2, 0.25) is 0 Å². The number of nitrogen functional groups attached to an aromatic ring is 1. The van der Waals surface area contributed by atoms with Crippen molar-refractivity contribution in [3.63, 3.8) is 0 Å². The largest absolute Gasteiger partial charge is 0.394 e. The van der Waals surface area contributed by atoms with E-state index in [4.69, 9.17) is 26.7 Å². The van der Waals surface area contributed by atoms with Gasteiger partial charge in [-0.05, 0) is 79.8 Å². The van der Waals surface area contributed by atoms with Crippen LogP contribution in [0.4, 0.5) is 28.8 Å². The van der Waals surface area contributed by atoms with Gasteiger partial charge in [0.2, 0.25) is 17.8 Å². The van der Waals surface area contributed by atoms with Crippen LogP contribution in [0.1, 0.15) is 69.9 Å². The predicted octanol–water partition coefficient (Wildman–Crippen LogP) is 4.25. The lowest BCUT2D eigenvalue weighted by atomic mass is 10.1. The molecule has 0 aliphatic carbocycles. The molecule has 2 aromatic carbocycles. The molecule has 0 atom stereocenters. The summed E-state index contributed by atoms with van der Waals surface area (Å²) in [5.41, 5.74) is 22.7. The molecule has 0 bridgehead atoms. The number of fused-ring (bicyclic) bond motifs is 1. The fourth-order valence-electron chi connectivity index (χ4n) is 6.79. The molecule has 2 fully saturated rings. The van der Waals surface area contributed by atoms with Crippen LogP contribution in [0.15, 0.2) is 92.0 Å². The van der Waals surface area contributed by atoms with Gasteiger partial charge in [-0.1, -0.05) is 0 Å². The fraction of sp³-hybridized carbons (Fsp3) is 0.275. The van der Waals surface area contributed by atoms with Crippen LogP contribution >= 0.6 is 0 Å². The van der Waals surface area contributed by atoms with Crippen LogP contribution in [0.3, 0.4) is 0 Å². The second kappa shape index (κ2) is 17.5. The third-order valence-electron chi connectivity index (χ3n) is 10.0. The number of imidazole rings is 1. The topological polar surface area (TPSA) is 260 Å². The lowest BCUT2D eigenvalue weighted by Gasteiger charge is -2.22. The number of carbonyl (C=O) groups excluding carboxylic acids is 2. The number of nitrogens with zero attached hydrogens (tertiary/aromatic N) is 10. The van der Waals surface area contributed by atoms with E-state index in [-0.39, 0.29) is 0 Å². The predicted molar refractivity (Wildman–Crippen MR) is 219 cm³/mol. The number of hydrogen-bond acceptors (Lipinski definition) is 14. The van der Waals surface area contributed by atoms with E-state index in [2.05, 4.69) is 45.8 Å². The van der Waals surface area contributed by atoms with Crippen LogP contribution in [0.25, 0.3) is 16.9 Å². The van der Waals surface area contributed by atoms with Crippen LogP contribution in [-0.2, 0) is 15.9 Å². The van der Waals surface area contributed by atoms with Crippen molar-refractivity contribution in [3.05, 3.63) is 115 Å². The van der Waals surface area contributed by atoms with Gasteiger partial charge in [-0.3, -0.25) is 23.5 Å². The Kier molecular flexibility index (Phi) is 11.4. The second-order valence-corrected chi connectivity index (χ2v) is 14.1. The molecule has 9 rings (SSSR count). The Labute approximate surface area is 338 Å². The van der Waals surface area contributed by atoms with Crippen LogP contribution in [0.5, 0.6) is 0 Å². The Morgan fingerprint density at radius 3 is 1.98 bits per heavy atom. The molecule has 2 saturated heterocycles. The maximum atomic E-state index is 11.3. The van der Waals surface area contributed by atoms with Gasteiger partial charge in [0, 0.05) is 67.7 Å². The van der Waals surface area contributed by atoms with E-state index >= 15 is 0 Å². The Hall–Kier alpha value is -7.25. The average Bonchev–Trinajstić information content (AvgIpc) is 4.04. The first-order valence-corrected chi connectivity index (χ1v) is 19.1. The molecule has 7 heterocycles. The molecule has 7 aromatic rings. The zero-order valence-corrected chi connectivity index (χ0v) is 32.0. The molecule has 5 aromatic heterocycles. The van der Waals surface area contributed by atoms with Gasteiger partial charge in [0.05, 0.1) is 48.2 Å². The van der Waals surface area contributed by atoms with Crippen LogP contribution < -0.4 is 27.8 Å². The number of anilines is 5. The summed E-state index contributed by atoms with van der Waals surface area (Å²) in [5.74, 6) is 0.666. The number of benzene rings is 2. The highest BCUT2D eigenvalue weighted by atomic mass is 16.5. The smallest absolute Gasteiger partial charge is 0.248 e. The lowest BCUT2D eigenvalue weighted by Crippen LogP contribution is -2.19. The van der Waals surface area contributed by atoms with Crippen molar-refractivity contribution in [1.29, 1.82) is 0 Å². The standard InChI is InChI=1S/C20H20N8O2.C20H23N7O2/c21-18(29)13-1-3-15(4-2-13)27-12-23-17-10-22-20(26-19(17)27)25-14-9-24-28(11-14)16-5-7-30-8-6-16;21-17-11-23-18(9-13-10-24-27(12-13)16-5-7-29-8-6-16)26-20(17)25-15-3-1-14(2-4-15)19(22)28/h1-4,9-12,16H,5-8H2,(H2,21,29)(H,22,25,26);1-4,10-12,16H,5-9,21H2,(H2,22,28)(H,23,25,26). The minimum atomic E-state index is -0.471. The van der Waals surface area contributed by atoms with E-state index < -0.39 is 11.8 Å². The van der Waals surface area contributed by atoms with Gasteiger partial charge in [0.1, 0.15) is 17.7 Å². The molecule has 302 valence electrons. The molecular weight excluding hydrogens is 755 g/mol. The van der Waals surface area contributed by atoms with E-state index in [0.29, 0.717) is 64.1 Å². The molecule has 2 amide bonds. The number of aromatic nitrogens is 10. The molecule has 2 aliphatic rings. The van der Waals surface area contributed by atoms with Gasteiger partial charge in [0.25, 0.3) is 0 Å². The first-order chi connectivity index (χ1) is 28.8. The first-order valence-electron chi connectivity index (χ1n) is 19.1. The van der Waals surface area contributed by atoms with Gasteiger partial charge < -0.3 is 37.3 Å². The highest BCUT2D eigenvalue weighted by Crippen LogP contribution is 2.25. The van der Waals surface area contributed by atoms with E-state index in [1.54, 1.807) is 73.4 Å². The van der Waals surface area contributed by atoms with E-state index in [1.165, 1.54) is 0 Å². The summed E-state index contributed by atoms with van der Waals surface area (Å²) in [6.07, 6.45) is 17.0. The molecular formula is C40H43N15O4. The summed E-state index contributed by atoms with van der Waals surface area (Å²) < 4.78 is 16.6. The van der Waals surface area contributed by atoms with E-state index in [9.17, 15) is 9.59 Å². The molecule has 19 heteroatoms. The number of nitrogens with two attached hydrogens (primary N) is 3. The zero-order valence-electron chi connectivity index (χ0n) is 32.0. The van der Waals surface area contributed by atoms with Crippen molar-refractivity contribution in [2.45, 2.75) is 44.2 Å². The number of rotatable bonds is 11. The average molecular weight is 798 g/mol. The van der Waals surface area contributed by atoms with Gasteiger partial charge in [-0.25, -0.2) is 19.9 Å². The van der Waals surface area contributed by atoms with Crippen molar-refractivity contribution in [2.75, 3.05) is 42.8 Å². The number of carbonyl (C=O) groups is 2. The summed E-state index contributed by atoms with van der Waals surface area (Å²) in [6.45, 7) is 3.07. The van der Waals surface area contributed by atoms with Crippen molar-refractivity contribution in [1.82, 2.24) is 49.0 Å². The summed E-state index contributed by atoms with van der Waals surface area (Å²) >= 11 is 0.